The molecular weight excluding hydrogens is 141 g/mol. The lowest BCUT2D eigenvalue weighted by Gasteiger charge is -2.33. The predicted octanol–water partition coefficient (Wildman–Crippen LogP) is 2.12. The summed E-state index contributed by atoms with van der Waals surface area (Å²) in [5, 5.41) is 3.09. The fourth-order valence-electron chi connectivity index (χ4n) is 1.35. The minimum Gasteiger partial charge on any atom is -0.311 e. The molecule has 0 amide bonds. The smallest absolute Gasteiger partial charge is 0.116 e. The largest absolute Gasteiger partial charge is 0.311 e. The average Bonchev–Trinajstić information content (AvgIpc) is 1.50. The molecule has 1 aliphatic rings. The van der Waals surface area contributed by atoms with Crippen LogP contribution in [-0.2, 0) is 0 Å². The normalized spacial score (nSPS) is 27.8. The molecule has 1 aliphatic heterocycles. The average molecular weight is 159 g/mol. The van der Waals surface area contributed by atoms with Crippen LogP contribution in [0.25, 0.3) is 0 Å². The highest BCUT2D eigenvalue weighted by Crippen LogP contribution is 2.26. The van der Waals surface area contributed by atoms with Crippen molar-refractivity contribution in [3.63, 3.8) is 0 Å². The number of nitrogens with one attached hydrogen (secondary N) is 1. The Morgan fingerprint density at radius 3 is 2.36 bits per heavy atom. The van der Waals surface area contributed by atoms with Crippen LogP contribution in [0, 0.1) is 5.41 Å². The lowest BCUT2D eigenvalue weighted by molar-refractivity contribution is 0.140. The van der Waals surface area contributed by atoms with Crippen LogP contribution in [0.1, 0.15) is 33.6 Å². The Morgan fingerprint density at radius 2 is 2.09 bits per heavy atom. The van der Waals surface area contributed by atoms with E-state index in [1.54, 1.807) is 0 Å². The zero-order chi connectivity index (χ0) is 8.48. The summed E-state index contributed by atoms with van der Waals surface area (Å²) >= 11 is 0. The second kappa shape index (κ2) is 3.10. The second-order valence-corrected chi connectivity index (χ2v) is 4.63. The van der Waals surface area contributed by atoms with Crippen molar-refractivity contribution in [1.29, 1.82) is 0 Å². The van der Waals surface area contributed by atoms with Gasteiger partial charge in [0.05, 0.1) is 0 Å². The molecule has 1 N–H and O–H groups in total. The number of alkyl halides is 1. The highest BCUT2D eigenvalue weighted by atomic mass is 19.1. The van der Waals surface area contributed by atoms with Crippen molar-refractivity contribution in [3.8, 4) is 0 Å². The maximum absolute atomic E-state index is 13.3. The molecule has 66 valence electrons. The summed E-state index contributed by atoms with van der Waals surface area (Å²) in [7, 11) is 0. The Bertz CT molecular complexity index is 124. The summed E-state index contributed by atoms with van der Waals surface area (Å²) in [6, 6.07) is 0.147. The molecule has 0 aromatic heterocycles. The minimum atomic E-state index is -0.649. The van der Waals surface area contributed by atoms with Crippen molar-refractivity contribution in [1.82, 2.24) is 5.32 Å². The third-order valence-electron chi connectivity index (χ3n) is 2.11. The maximum atomic E-state index is 13.3. The molecule has 0 bridgehead atoms. The van der Waals surface area contributed by atoms with Crippen molar-refractivity contribution in [2.75, 3.05) is 6.54 Å². The third-order valence-corrected chi connectivity index (χ3v) is 2.11. The quantitative estimate of drug-likeness (QED) is 0.650. The number of hydrogen-bond donors (Lipinski definition) is 1. The van der Waals surface area contributed by atoms with Gasteiger partial charge in [-0.25, -0.2) is 4.39 Å². The van der Waals surface area contributed by atoms with Gasteiger partial charge >= 0.3 is 0 Å². The van der Waals surface area contributed by atoms with Crippen LogP contribution in [0.5, 0.6) is 0 Å². The summed E-state index contributed by atoms with van der Waals surface area (Å²) in [4.78, 5) is 0. The van der Waals surface area contributed by atoms with E-state index in [2.05, 4.69) is 26.1 Å². The molecule has 11 heavy (non-hydrogen) atoms. The third kappa shape index (κ3) is 2.78. The maximum Gasteiger partial charge on any atom is 0.116 e. The first-order valence-electron chi connectivity index (χ1n) is 4.36. The van der Waals surface area contributed by atoms with E-state index in [4.69, 9.17) is 0 Å². The second-order valence-electron chi connectivity index (χ2n) is 4.63. The van der Waals surface area contributed by atoms with Gasteiger partial charge in [0.25, 0.3) is 0 Å². The number of rotatable bonds is 2. The van der Waals surface area contributed by atoms with E-state index in [1.165, 1.54) is 0 Å². The van der Waals surface area contributed by atoms with Gasteiger partial charge < -0.3 is 5.32 Å². The van der Waals surface area contributed by atoms with Gasteiger partial charge in [-0.2, -0.15) is 0 Å². The molecule has 0 aliphatic carbocycles. The van der Waals surface area contributed by atoms with E-state index in [9.17, 15) is 4.39 Å². The van der Waals surface area contributed by atoms with Crippen LogP contribution in [0.4, 0.5) is 4.39 Å². The molecule has 0 aromatic carbocycles. The van der Waals surface area contributed by atoms with E-state index in [-0.39, 0.29) is 11.5 Å². The van der Waals surface area contributed by atoms with Crippen LogP contribution in [0.3, 0.4) is 0 Å². The summed E-state index contributed by atoms with van der Waals surface area (Å²) in [5.41, 5.74) is 0.122. The van der Waals surface area contributed by atoms with Crippen molar-refractivity contribution in [3.05, 3.63) is 0 Å². The molecule has 2 atom stereocenters. The summed E-state index contributed by atoms with van der Waals surface area (Å²) in [5.74, 6) is 0. The molecule has 2 unspecified atom stereocenters. The van der Waals surface area contributed by atoms with Crippen molar-refractivity contribution >= 4 is 0 Å². The Labute approximate surface area is 68.4 Å². The molecule has 1 rings (SSSR count). The van der Waals surface area contributed by atoms with Gasteiger partial charge in [0, 0.05) is 6.04 Å². The predicted molar refractivity (Wildman–Crippen MR) is 45.4 cm³/mol. The first-order valence-corrected chi connectivity index (χ1v) is 4.36. The van der Waals surface area contributed by atoms with E-state index in [0.717, 1.165) is 13.0 Å². The molecule has 0 saturated carbocycles. The van der Waals surface area contributed by atoms with Crippen LogP contribution in [0.15, 0.2) is 0 Å². The Hall–Kier alpha value is -0.110. The van der Waals surface area contributed by atoms with E-state index in [0.29, 0.717) is 6.42 Å². The number of hydrogen-bond acceptors (Lipinski definition) is 1. The molecule has 1 saturated heterocycles. The van der Waals surface area contributed by atoms with Crippen LogP contribution in [-0.4, -0.2) is 18.8 Å². The monoisotopic (exact) mass is 159 g/mol. The summed E-state index contributed by atoms with van der Waals surface area (Å²) in [6.45, 7) is 7.24. The van der Waals surface area contributed by atoms with Crippen molar-refractivity contribution in [2.45, 2.75) is 45.8 Å². The fraction of sp³-hybridized carbons (Fsp3) is 1.00. The lowest BCUT2D eigenvalue weighted by atomic mass is 9.85. The molecule has 2 heteroatoms. The van der Waals surface area contributed by atoms with Crippen molar-refractivity contribution in [2.24, 2.45) is 5.41 Å². The lowest BCUT2D eigenvalue weighted by Crippen LogP contribution is -2.50. The minimum absolute atomic E-state index is 0.122. The van der Waals surface area contributed by atoms with E-state index >= 15 is 0 Å². The zero-order valence-electron chi connectivity index (χ0n) is 7.65. The molecular formula is C9H18FN. The van der Waals surface area contributed by atoms with Gasteiger partial charge in [-0.05, 0) is 24.8 Å². The summed E-state index contributed by atoms with van der Waals surface area (Å²) in [6.07, 6.45) is 1.03. The molecule has 0 aromatic rings. The highest BCUT2D eigenvalue weighted by Gasteiger charge is 2.29. The molecule has 0 radical (unpaired) electrons. The van der Waals surface area contributed by atoms with Crippen LogP contribution >= 0.6 is 0 Å². The van der Waals surface area contributed by atoms with Gasteiger partial charge in [-0.3, -0.25) is 0 Å². The van der Waals surface area contributed by atoms with E-state index < -0.39 is 6.17 Å². The Morgan fingerprint density at radius 1 is 1.55 bits per heavy atom. The van der Waals surface area contributed by atoms with Crippen LogP contribution < -0.4 is 5.32 Å². The Balaban J connectivity index is 2.24. The molecule has 1 fully saturated rings. The van der Waals surface area contributed by atoms with Crippen molar-refractivity contribution < 1.29 is 4.39 Å². The molecule has 1 heterocycles. The van der Waals surface area contributed by atoms with Gasteiger partial charge in [0.2, 0.25) is 0 Å². The first kappa shape index (κ1) is 8.98. The van der Waals surface area contributed by atoms with Gasteiger partial charge in [0.1, 0.15) is 6.17 Å². The summed E-state index contributed by atoms with van der Waals surface area (Å²) < 4.78 is 13.3. The topological polar surface area (TPSA) is 12.0 Å². The van der Waals surface area contributed by atoms with Crippen LogP contribution in [0.2, 0.25) is 0 Å². The zero-order valence-corrected chi connectivity index (χ0v) is 7.65. The van der Waals surface area contributed by atoms with E-state index in [1.807, 2.05) is 0 Å². The molecule has 1 nitrogen and oxygen atoms in total. The van der Waals surface area contributed by atoms with Gasteiger partial charge in [-0.1, -0.05) is 20.8 Å². The van der Waals surface area contributed by atoms with Gasteiger partial charge in [-0.15, -0.1) is 0 Å². The first-order chi connectivity index (χ1) is 4.99. The Kier molecular flexibility index (Phi) is 2.53. The standard InChI is InChI=1S/C9H18FN/c1-9(2,3)6-7(10)8-4-5-11-8/h7-8,11H,4-6H2,1-3H3. The van der Waals surface area contributed by atoms with Gasteiger partial charge in [0.15, 0.2) is 0 Å². The number of halogens is 1. The fourth-order valence-corrected chi connectivity index (χ4v) is 1.35. The SMILES string of the molecule is CC(C)(C)CC(F)C1CCN1. The molecule has 0 spiro atoms. The highest BCUT2D eigenvalue weighted by molar-refractivity contribution is 4.86.